The monoisotopic (exact) mass is 268 g/mol. The molecule has 1 aromatic heterocycles. The predicted molar refractivity (Wildman–Crippen MR) is 74.9 cm³/mol. The van der Waals surface area contributed by atoms with E-state index in [1.165, 1.54) is 11.8 Å². The summed E-state index contributed by atoms with van der Waals surface area (Å²) in [6.07, 6.45) is 1.77. The van der Waals surface area contributed by atoms with Crippen LogP contribution in [0.25, 0.3) is 0 Å². The van der Waals surface area contributed by atoms with Gasteiger partial charge in [-0.3, -0.25) is 4.79 Å². The van der Waals surface area contributed by atoms with Gasteiger partial charge in [-0.15, -0.1) is 0 Å². The van der Waals surface area contributed by atoms with E-state index in [1.54, 1.807) is 6.20 Å². The molecule has 0 atom stereocenters. The number of carbonyl (C=O) groups is 1. The molecule has 18 heavy (non-hydrogen) atoms. The maximum Gasteiger partial charge on any atom is 0.230 e. The lowest BCUT2D eigenvalue weighted by molar-refractivity contribution is -0.119. The zero-order valence-electron chi connectivity index (χ0n) is 11.3. The Morgan fingerprint density at radius 2 is 2.22 bits per heavy atom. The Morgan fingerprint density at radius 3 is 2.83 bits per heavy atom. The summed E-state index contributed by atoms with van der Waals surface area (Å²) < 4.78 is 0. The van der Waals surface area contributed by atoms with Gasteiger partial charge in [0.1, 0.15) is 5.03 Å². The first-order chi connectivity index (χ1) is 8.52. The quantitative estimate of drug-likeness (QED) is 0.608. The minimum Gasteiger partial charge on any atom is -0.354 e. The first-order valence-corrected chi connectivity index (χ1v) is 7.01. The third-order valence-electron chi connectivity index (χ3n) is 2.05. The van der Waals surface area contributed by atoms with E-state index in [2.05, 4.69) is 20.6 Å². The van der Waals surface area contributed by atoms with E-state index in [9.17, 15) is 4.79 Å². The van der Waals surface area contributed by atoms with Gasteiger partial charge in [0.15, 0.2) is 0 Å². The lowest BCUT2D eigenvalue weighted by atomic mass is 10.4. The summed E-state index contributed by atoms with van der Waals surface area (Å²) in [5, 5.41) is 6.76. The van der Waals surface area contributed by atoms with Crippen LogP contribution in [0.3, 0.4) is 0 Å². The molecule has 1 amide bonds. The molecule has 0 aliphatic heterocycles. The van der Waals surface area contributed by atoms with Crippen molar-refractivity contribution in [2.45, 2.75) is 38.8 Å². The Balaban J connectivity index is 2.60. The molecule has 5 nitrogen and oxygen atoms in total. The summed E-state index contributed by atoms with van der Waals surface area (Å²) in [6.45, 7) is 8.61. The summed E-state index contributed by atoms with van der Waals surface area (Å²) in [4.78, 5) is 20.1. The summed E-state index contributed by atoms with van der Waals surface area (Å²) in [6, 6.07) is 0.168. The summed E-state index contributed by atoms with van der Waals surface area (Å²) in [5.41, 5.74) is 0.985. The molecular formula is C12H20N4OS. The molecule has 0 aliphatic carbocycles. The molecule has 0 unspecified atom stereocenters. The zero-order chi connectivity index (χ0) is 13.5. The van der Waals surface area contributed by atoms with Crippen molar-refractivity contribution >= 4 is 23.6 Å². The van der Waals surface area contributed by atoms with E-state index < -0.39 is 0 Å². The van der Waals surface area contributed by atoms with Gasteiger partial charge in [-0.2, -0.15) is 0 Å². The molecular weight excluding hydrogens is 248 g/mol. The van der Waals surface area contributed by atoms with Crippen LogP contribution in [-0.4, -0.2) is 34.2 Å². The molecule has 1 heterocycles. The van der Waals surface area contributed by atoms with E-state index in [0.717, 1.165) is 17.1 Å². The Bertz CT molecular complexity index is 409. The fourth-order valence-electron chi connectivity index (χ4n) is 1.31. The second-order valence-corrected chi connectivity index (χ2v) is 5.19. The summed E-state index contributed by atoms with van der Waals surface area (Å²) in [5.74, 6) is 1.01. The van der Waals surface area contributed by atoms with E-state index in [0.29, 0.717) is 11.7 Å². The van der Waals surface area contributed by atoms with Crippen LogP contribution in [0.15, 0.2) is 11.2 Å². The highest BCUT2D eigenvalue weighted by Crippen LogP contribution is 2.20. The molecule has 1 rings (SSSR count). The van der Waals surface area contributed by atoms with Crippen LogP contribution in [0.4, 0.5) is 5.95 Å². The van der Waals surface area contributed by atoms with Crippen molar-refractivity contribution in [1.29, 1.82) is 0 Å². The van der Waals surface area contributed by atoms with Crippen LogP contribution in [-0.2, 0) is 4.79 Å². The van der Waals surface area contributed by atoms with Crippen molar-refractivity contribution in [2.75, 3.05) is 17.6 Å². The van der Waals surface area contributed by atoms with Gasteiger partial charge in [-0.05, 0) is 33.3 Å². The molecule has 0 spiro atoms. The van der Waals surface area contributed by atoms with Crippen LogP contribution >= 0.6 is 11.8 Å². The number of hydrogen-bond acceptors (Lipinski definition) is 5. The fraction of sp³-hybridized carbons (Fsp3) is 0.583. The average molecular weight is 268 g/mol. The molecule has 0 bridgehead atoms. The SMILES string of the molecule is CCNc1ncc(C)c(SCC(=O)NC(C)C)n1. The molecule has 1 aromatic rings. The normalized spacial score (nSPS) is 10.5. The van der Waals surface area contributed by atoms with Gasteiger partial charge in [0.25, 0.3) is 0 Å². The smallest absolute Gasteiger partial charge is 0.230 e. The number of rotatable bonds is 6. The number of nitrogens with zero attached hydrogens (tertiary/aromatic N) is 2. The second kappa shape index (κ2) is 7.20. The highest BCUT2D eigenvalue weighted by atomic mass is 32.2. The first-order valence-electron chi connectivity index (χ1n) is 6.02. The number of carbonyl (C=O) groups excluding carboxylic acids is 1. The van der Waals surface area contributed by atoms with Crippen molar-refractivity contribution in [3.8, 4) is 0 Å². The van der Waals surface area contributed by atoms with Gasteiger partial charge < -0.3 is 10.6 Å². The fourth-order valence-corrected chi connectivity index (χ4v) is 2.10. The van der Waals surface area contributed by atoms with Crippen molar-refractivity contribution < 1.29 is 4.79 Å². The minimum atomic E-state index is 0.0259. The summed E-state index contributed by atoms with van der Waals surface area (Å²) in [7, 11) is 0. The van der Waals surface area contributed by atoms with Gasteiger partial charge in [-0.25, -0.2) is 9.97 Å². The maximum absolute atomic E-state index is 11.6. The summed E-state index contributed by atoms with van der Waals surface area (Å²) >= 11 is 1.43. The highest BCUT2D eigenvalue weighted by molar-refractivity contribution is 7.99. The van der Waals surface area contributed by atoms with Crippen LogP contribution < -0.4 is 10.6 Å². The standard InChI is InChI=1S/C12H20N4OS/c1-5-13-12-14-6-9(4)11(16-12)18-7-10(17)15-8(2)3/h6,8H,5,7H2,1-4H3,(H,15,17)(H,13,14,16). The lowest BCUT2D eigenvalue weighted by Crippen LogP contribution is -2.31. The largest absolute Gasteiger partial charge is 0.354 e. The third kappa shape index (κ3) is 4.91. The molecule has 100 valence electrons. The molecule has 0 saturated heterocycles. The van der Waals surface area contributed by atoms with Gasteiger partial charge >= 0.3 is 0 Å². The second-order valence-electron chi connectivity index (χ2n) is 4.22. The van der Waals surface area contributed by atoms with E-state index in [1.807, 2.05) is 27.7 Å². The molecule has 0 saturated carbocycles. The van der Waals surface area contributed by atoms with Crippen molar-refractivity contribution in [3.63, 3.8) is 0 Å². The Labute approximate surface area is 112 Å². The average Bonchev–Trinajstić information content (AvgIpc) is 2.29. The van der Waals surface area contributed by atoms with Crippen LogP contribution in [0.5, 0.6) is 0 Å². The van der Waals surface area contributed by atoms with Gasteiger partial charge in [0, 0.05) is 18.8 Å². The Kier molecular flexibility index (Phi) is 5.91. The number of anilines is 1. The van der Waals surface area contributed by atoms with Crippen molar-refractivity contribution in [2.24, 2.45) is 0 Å². The number of nitrogens with one attached hydrogen (secondary N) is 2. The molecule has 0 radical (unpaired) electrons. The third-order valence-corrected chi connectivity index (χ3v) is 3.14. The number of aromatic nitrogens is 2. The molecule has 2 N–H and O–H groups in total. The van der Waals surface area contributed by atoms with E-state index >= 15 is 0 Å². The minimum absolute atomic E-state index is 0.0259. The molecule has 0 fully saturated rings. The van der Waals surface area contributed by atoms with Crippen LogP contribution in [0, 0.1) is 6.92 Å². The van der Waals surface area contributed by atoms with Gasteiger partial charge in [-0.1, -0.05) is 11.8 Å². The van der Waals surface area contributed by atoms with Crippen molar-refractivity contribution in [3.05, 3.63) is 11.8 Å². The number of hydrogen-bond donors (Lipinski definition) is 2. The van der Waals surface area contributed by atoms with Gasteiger partial charge in [0.2, 0.25) is 11.9 Å². The first kappa shape index (κ1) is 14.8. The van der Waals surface area contributed by atoms with Gasteiger partial charge in [0.05, 0.1) is 5.75 Å². The zero-order valence-corrected chi connectivity index (χ0v) is 12.1. The maximum atomic E-state index is 11.6. The highest BCUT2D eigenvalue weighted by Gasteiger charge is 2.08. The number of amides is 1. The van der Waals surface area contributed by atoms with Crippen LogP contribution in [0.1, 0.15) is 26.3 Å². The van der Waals surface area contributed by atoms with E-state index in [-0.39, 0.29) is 11.9 Å². The molecule has 0 aromatic carbocycles. The van der Waals surface area contributed by atoms with E-state index in [4.69, 9.17) is 0 Å². The number of thioether (sulfide) groups is 1. The topological polar surface area (TPSA) is 66.9 Å². The predicted octanol–water partition coefficient (Wildman–Crippen LogP) is 1.83. The van der Waals surface area contributed by atoms with Crippen molar-refractivity contribution in [1.82, 2.24) is 15.3 Å². The Hall–Kier alpha value is -1.30. The number of aryl methyl sites for hydroxylation is 1. The lowest BCUT2D eigenvalue weighted by Gasteiger charge is -2.09. The molecule has 0 aliphatic rings. The molecule has 6 heteroatoms. The van der Waals surface area contributed by atoms with Crippen LogP contribution in [0.2, 0.25) is 0 Å². The Morgan fingerprint density at radius 1 is 1.50 bits per heavy atom.